The van der Waals surface area contributed by atoms with Crippen LogP contribution in [0.4, 0.5) is 11.5 Å². The van der Waals surface area contributed by atoms with Crippen LogP contribution in [0.3, 0.4) is 0 Å². The van der Waals surface area contributed by atoms with E-state index in [-0.39, 0.29) is 12.7 Å². The van der Waals surface area contributed by atoms with Crippen LogP contribution in [0, 0.1) is 0 Å². The molecule has 206 valence electrons. The number of pyridine rings is 1. The number of ether oxygens (including phenoxy) is 1. The van der Waals surface area contributed by atoms with Crippen LogP contribution in [0.2, 0.25) is 5.02 Å². The Balaban J connectivity index is 1.24. The number of aliphatic hydroxyl groups excluding tert-OH is 2. The minimum Gasteiger partial charge on any atom is -0.494 e. The lowest BCUT2D eigenvalue weighted by atomic mass is 10.0. The predicted molar refractivity (Wildman–Crippen MR) is 158 cm³/mol. The monoisotopic (exact) mass is 567 g/mol. The smallest absolute Gasteiger partial charge is 0.157 e. The third kappa shape index (κ3) is 7.25. The molecule has 0 radical (unpaired) electrons. The first-order valence-corrected chi connectivity index (χ1v) is 14.6. The van der Waals surface area contributed by atoms with E-state index < -0.39 is 0 Å². The molecule has 3 heterocycles. The first-order chi connectivity index (χ1) is 19.1. The van der Waals surface area contributed by atoms with E-state index in [1.165, 1.54) is 0 Å². The topological polar surface area (TPSA) is 103 Å². The number of benzene rings is 2. The van der Waals surface area contributed by atoms with Gasteiger partial charge in [0.2, 0.25) is 0 Å². The summed E-state index contributed by atoms with van der Waals surface area (Å²) in [6.45, 7) is 4.63. The molecule has 1 fully saturated rings. The first kappa shape index (κ1) is 27.8. The maximum absolute atomic E-state index is 9.66. The van der Waals surface area contributed by atoms with Gasteiger partial charge in [0.05, 0.1) is 34.7 Å². The number of hydrogen-bond donors (Lipinski definition) is 4. The summed E-state index contributed by atoms with van der Waals surface area (Å²) in [4.78, 5) is 11.6. The number of nitrogens with zero attached hydrogens (tertiary/aromatic N) is 3. The normalized spacial score (nSPS) is 15.7. The fourth-order valence-corrected chi connectivity index (χ4v) is 5.93. The maximum Gasteiger partial charge on any atom is 0.157 e. The number of anilines is 2. The van der Waals surface area contributed by atoms with Gasteiger partial charge in [-0.05, 0) is 55.6 Å². The van der Waals surface area contributed by atoms with Crippen LogP contribution in [-0.4, -0.2) is 70.6 Å². The van der Waals surface area contributed by atoms with Crippen LogP contribution >= 0.6 is 22.9 Å². The lowest BCUT2D eigenvalue weighted by molar-refractivity contribution is 0.175. The van der Waals surface area contributed by atoms with E-state index in [4.69, 9.17) is 26.4 Å². The van der Waals surface area contributed by atoms with Crippen molar-refractivity contribution in [2.75, 3.05) is 44.7 Å². The van der Waals surface area contributed by atoms with Crippen molar-refractivity contribution in [2.45, 2.75) is 31.9 Å². The van der Waals surface area contributed by atoms with E-state index in [9.17, 15) is 5.11 Å². The average Bonchev–Trinajstić information content (AvgIpc) is 3.56. The average molecular weight is 568 g/mol. The summed E-state index contributed by atoms with van der Waals surface area (Å²) in [7, 11) is 0. The van der Waals surface area contributed by atoms with E-state index in [0.29, 0.717) is 30.5 Å². The lowest BCUT2D eigenvalue weighted by Gasteiger charge is -2.15. The number of hydrogen-bond acceptors (Lipinski definition) is 9. The van der Waals surface area contributed by atoms with Gasteiger partial charge in [0.1, 0.15) is 16.3 Å². The van der Waals surface area contributed by atoms with Crippen molar-refractivity contribution < 1.29 is 14.9 Å². The highest BCUT2D eigenvalue weighted by Gasteiger charge is 2.19. The number of unbranched alkanes of at least 4 members (excludes halogenated alkanes) is 1. The van der Waals surface area contributed by atoms with Crippen molar-refractivity contribution in [3.8, 4) is 16.9 Å². The molecular formula is C29H34ClN5O3S. The minimum absolute atomic E-state index is 0.0917. The molecule has 0 amide bonds. The summed E-state index contributed by atoms with van der Waals surface area (Å²) >= 11 is 8.50. The zero-order chi connectivity index (χ0) is 27.0. The summed E-state index contributed by atoms with van der Waals surface area (Å²) in [5.41, 5.74) is 3.42. The highest BCUT2D eigenvalue weighted by Crippen LogP contribution is 2.37. The predicted octanol–water partition coefficient (Wildman–Crippen LogP) is 5.06. The van der Waals surface area contributed by atoms with Crippen molar-refractivity contribution in [3.05, 3.63) is 64.8 Å². The van der Waals surface area contributed by atoms with Crippen molar-refractivity contribution in [3.63, 3.8) is 0 Å². The molecule has 2 aromatic heterocycles. The van der Waals surface area contributed by atoms with Crippen molar-refractivity contribution in [2.24, 2.45) is 0 Å². The standard InChI is InChI=1S/C29H34ClN5O3S/c30-27-23(20-5-3-6-22(17-20)38-16-2-1-13-35-14-10-21(37)19-35)7-4-8-24(27)33-29-28-25(9-11-32-29)39-26(34-28)18-31-12-15-36/h3-9,11,17,21,31,36-37H,1-2,10,12-16,18-19H2,(H,32,33). The van der Waals surface area contributed by atoms with E-state index in [2.05, 4.69) is 20.5 Å². The highest BCUT2D eigenvalue weighted by molar-refractivity contribution is 7.18. The van der Waals surface area contributed by atoms with Gasteiger partial charge in [-0.1, -0.05) is 35.9 Å². The fourth-order valence-electron chi connectivity index (χ4n) is 4.72. The van der Waals surface area contributed by atoms with Gasteiger partial charge < -0.3 is 30.5 Å². The second-order valence-electron chi connectivity index (χ2n) is 9.63. The molecule has 1 aliphatic heterocycles. The second kappa shape index (κ2) is 13.5. The van der Waals surface area contributed by atoms with Crippen LogP contribution in [0.15, 0.2) is 54.7 Å². The van der Waals surface area contributed by atoms with E-state index in [1.54, 1.807) is 17.5 Å². The van der Waals surface area contributed by atoms with Crippen LogP contribution in [0.25, 0.3) is 21.3 Å². The Hall–Kier alpha value is -2.79. The van der Waals surface area contributed by atoms with Crippen LogP contribution in [0.5, 0.6) is 5.75 Å². The molecule has 1 saturated heterocycles. The van der Waals surface area contributed by atoms with Gasteiger partial charge in [-0.2, -0.15) is 0 Å². The summed E-state index contributed by atoms with van der Waals surface area (Å²) in [5.74, 6) is 1.46. The van der Waals surface area contributed by atoms with Gasteiger partial charge in [0.25, 0.3) is 0 Å². The van der Waals surface area contributed by atoms with Crippen LogP contribution in [-0.2, 0) is 6.54 Å². The molecule has 1 unspecified atom stereocenters. The number of likely N-dealkylation sites (tertiary alicyclic amines) is 1. The fraction of sp³-hybridized carbons (Fsp3) is 0.379. The van der Waals surface area contributed by atoms with Crippen LogP contribution in [0.1, 0.15) is 24.3 Å². The minimum atomic E-state index is -0.167. The molecule has 4 aromatic rings. The summed E-state index contributed by atoms with van der Waals surface area (Å²) in [6, 6.07) is 15.9. The Morgan fingerprint density at radius 2 is 2.05 bits per heavy atom. The van der Waals surface area contributed by atoms with Crippen molar-refractivity contribution in [1.29, 1.82) is 0 Å². The van der Waals surface area contributed by atoms with Gasteiger partial charge in [-0.3, -0.25) is 0 Å². The van der Waals surface area contributed by atoms with E-state index in [1.807, 2.05) is 48.5 Å². The van der Waals surface area contributed by atoms with Crippen molar-refractivity contribution >= 4 is 44.7 Å². The Labute approximate surface area is 237 Å². The number of β-amino-alcohol motifs (C(OH)–C–C–N with tert-alkyl or cyclic N) is 1. The molecule has 0 saturated carbocycles. The first-order valence-electron chi connectivity index (χ1n) is 13.4. The Morgan fingerprint density at radius 1 is 1.15 bits per heavy atom. The maximum atomic E-state index is 9.66. The number of aromatic nitrogens is 2. The molecule has 0 spiro atoms. The second-order valence-corrected chi connectivity index (χ2v) is 11.1. The Morgan fingerprint density at radius 3 is 2.90 bits per heavy atom. The molecule has 0 bridgehead atoms. The molecule has 5 rings (SSSR count). The molecule has 39 heavy (non-hydrogen) atoms. The van der Waals surface area contributed by atoms with Crippen LogP contribution < -0.4 is 15.4 Å². The third-order valence-corrected chi connectivity index (χ3v) is 8.13. The Kier molecular flexibility index (Phi) is 9.62. The van der Waals surface area contributed by atoms with Gasteiger partial charge in [-0.25, -0.2) is 9.97 Å². The highest BCUT2D eigenvalue weighted by atomic mass is 35.5. The number of rotatable bonds is 13. The lowest BCUT2D eigenvalue weighted by Crippen LogP contribution is -2.23. The number of aliphatic hydroxyl groups is 2. The molecule has 1 aliphatic rings. The molecule has 8 nitrogen and oxygen atoms in total. The molecule has 0 aliphatic carbocycles. The molecule has 10 heteroatoms. The Bertz CT molecular complexity index is 1380. The van der Waals surface area contributed by atoms with E-state index in [0.717, 1.165) is 76.7 Å². The van der Waals surface area contributed by atoms with Gasteiger partial charge in [0.15, 0.2) is 5.82 Å². The summed E-state index contributed by atoms with van der Waals surface area (Å²) in [5, 5.41) is 26.8. The zero-order valence-electron chi connectivity index (χ0n) is 21.8. The molecule has 2 aromatic carbocycles. The largest absolute Gasteiger partial charge is 0.494 e. The molecule has 4 N–H and O–H groups in total. The van der Waals surface area contributed by atoms with Gasteiger partial charge in [0, 0.05) is 37.9 Å². The number of thiazole rings is 1. The number of halogens is 1. The van der Waals surface area contributed by atoms with Gasteiger partial charge >= 0.3 is 0 Å². The third-order valence-electron chi connectivity index (χ3n) is 6.70. The SMILES string of the molecule is OCCNCc1nc2c(Nc3cccc(-c4cccc(OCCCCN5CCC(O)C5)c4)c3Cl)nccc2s1. The van der Waals surface area contributed by atoms with E-state index >= 15 is 0 Å². The van der Waals surface area contributed by atoms with Gasteiger partial charge in [-0.15, -0.1) is 11.3 Å². The molecular weight excluding hydrogens is 534 g/mol. The number of fused-ring (bicyclic) bond motifs is 1. The van der Waals surface area contributed by atoms with Crippen molar-refractivity contribution in [1.82, 2.24) is 20.2 Å². The zero-order valence-corrected chi connectivity index (χ0v) is 23.3. The summed E-state index contributed by atoms with van der Waals surface area (Å²) in [6.07, 6.45) is 4.49. The quantitative estimate of drug-likeness (QED) is 0.166. The molecule has 1 atom stereocenters. The number of nitrogens with one attached hydrogen (secondary N) is 2. The summed E-state index contributed by atoms with van der Waals surface area (Å²) < 4.78 is 7.07.